The number of rotatable bonds is 9. The van der Waals surface area contributed by atoms with Crippen LogP contribution in [0.1, 0.15) is 22.8 Å². The van der Waals surface area contributed by atoms with Gasteiger partial charge in [0.05, 0.1) is 17.2 Å². The highest BCUT2D eigenvalue weighted by molar-refractivity contribution is 9.10. The van der Waals surface area contributed by atoms with Crippen molar-refractivity contribution in [2.75, 3.05) is 0 Å². The van der Waals surface area contributed by atoms with Crippen LogP contribution >= 0.6 is 23.5 Å². The third-order valence-electron chi connectivity index (χ3n) is 4.36. The Morgan fingerprint density at radius 2 is 1.57 bits per heavy atom. The minimum atomic E-state index is -5.03. The molecule has 3 aromatic rings. The smallest absolute Gasteiger partial charge is 0.420 e. The molecule has 3 aromatic carbocycles. The summed E-state index contributed by atoms with van der Waals surface area (Å²) in [4.78, 5) is 9.22. The van der Waals surface area contributed by atoms with E-state index in [0.717, 1.165) is 16.7 Å². The Labute approximate surface area is 182 Å². The van der Waals surface area contributed by atoms with Crippen molar-refractivity contribution >= 4 is 23.5 Å². The highest BCUT2D eigenvalue weighted by Gasteiger charge is 2.34. The summed E-state index contributed by atoms with van der Waals surface area (Å²) in [6.07, 6.45) is -2.97. The van der Waals surface area contributed by atoms with Crippen LogP contribution in [-0.2, 0) is 22.3 Å². The monoisotopic (exact) mass is 496 g/mol. The summed E-state index contributed by atoms with van der Waals surface area (Å²) in [5.74, 6) is -0.131. The quantitative estimate of drug-likeness (QED) is 0.333. The summed E-state index contributed by atoms with van der Waals surface area (Å²) in [6.45, 7) is 0.261. The van der Waals surface area contributed by atoms with E-state index >= 15 is 0 Å². The fourth-order valence-corrected chi connectivity index (χ4v) is 4.01. The summed E-state index contributed by atoms with van der Waals surface area (Å²) in [6, 6.07) is 24.4. The number of hydrogen-bond acceptors (Lipinski definition) is 3. The van der Waals surface area contributed by atoms with Crippen LogP contribution < -0.4 is 4.52 Å². The SMILES string of the molecule is O=P(O)(Oc1ccc(COC(Cc2ccccc2)c2ccccc2)cc1Br)C(F)F. The lowest BCUT2D eigenvalue weighted by Crippen LogP contribution is -2.08. The van der Waals surface area contributed by atoms with Crippen LogP contribution in [0.25, 0.3) is 0 Å². The molecule has 0 saturated carbocycles. The second-order valence-corrected chi connectivity index (χ2v) is 9.15. The van der Waals surface area contributed by atoms with Crippen molar-refractivity contribution in [3.05, 3.63) is 100 Å². The number of ether oxygens (including phenoxy) is 1. The molecule has 8 heteroatoms. The number of alkyl halides is 2. The van der Waals surface area contributed by atoms with Crippen molar-refractivity contribution in [1.82, 2.24) is 0 Å². The van der Waals surface area contributed by atoms with Gasteiger partial charge < -0.3 is 14.2 Å². The van der Waals surface area contributed by atoms with Crippen LogP contribution in [0, 0.1) is 0 Å². The van der Waals surface area contributed by atoms with Crippen LogP contribution in [0.5, 0.6) is 5.75 Å². The molecule has 0 bridgehead atoms. The zero-order chi connectivity index (χ0) is 21.6. The minimum Gasteiger partial charge on any atom is -0.420 e. The van der Waals surface area contributed by atoms with E-state index in [-0.39, 0.29) is 22.9 Å². The van der Waals surface area contributed by atoms with E-state index in [1.807, 2.05) is 60.7 Å². The van der Waals surface area contributed by atoms with Gasteiger partial charge in [-0.3, -0.25) is 0 Å². The highest BCUT2D eigenvalue weighted by Crippen LogP contribution is 2.50. The Hall–Kier alpha value is -2.05. The zero-order valence-corrected chi connectivity index (χ0v) is 18.3. The lowest BCUT2D eigenvalue weighted by molar-refractivity contribution is 0.0399. The van der Waals surface area contributed by atoms with Crippen LogP contribution in [-0.4, -0.2) is 11.1 Å². The number of halogens is 3. The van der Waals surface area contributed by atoms with E-state index in [1.165, 1.54) is 6.07 Å². The Balaban J connectivity index is 1.72. The molecule has 158 valence electrons. The van der Waals surface area contributed by atoms with Crippen molar-refractivity contribution in [3.63, 3.8) is 0 Å². The van der Waals surface area contributed by atoms with E-state index in [4.69, 9.17) is 4.74 Å². The van der Waals surface area contributed by atoms with Gasteiger partial charge in [0.25, 0.3) is 0 Å². The van der Waals surface area contributed by atoms with Crippen molar-refractivity contribution in [3.8, 4) is 5.75 Å². The van der Waals surface area contributed by atoms with Crippen LogP contribution in [0.3, 0.4) is 0 Å². The van der Waals surface area contributed by atoms with Crippen LogP contribution in [0.4, 0.5) is 8.78 Å². The largest absolute Gasteiger partial charge is 0.442 e. The molecule has 2 atom stereocenters. The molecule has 0 radical (unpaired) electrons. The van der Waals surface area contributed by atoms with Gasteiger partial charge in [0, 0.05) is 6.42 Å². The first kappa shape index (κ1) is 22.6. The van der Waals surface area contributed by atoms with Crippen molar-refractivity contribution in [2.24, 2.45) is 0 Å². The summed E-state index contributed by atoms with van der Waals surface area (Å²) in [7, 11) is -5.03. The fraction of sp³-hybridized carbons (Fsp3) is 0.182. The van der Waals surface area contributed by atoms with E-state index in [1.54, 1.807) is 12.1 Å². The lowest BCUT2D eigenvalue weighted by Gasteiger charge is -2.19. The van der Waals surface area contributed by atoms with Crippen molar-refractivity contribution < 1.29 is 27.5 Å². The molecule has 4 nitrogen and oxygen atoms in total. The fourth-order valence-electron chi connectivity index (χ4n) is 2.85. The molecule has 0 heterocycles. The van der Waals surface area contributed by atoms with Gasteiger partial charge in [-0.2, -0.15) is 8.78 Å². The van der Waals surface area contributed by atoms with Crippen molar-refractivity contribution in [2.45, 2.75) is 25.3 Å². The second-order valence-electron chi connectivity index (χ2n) is 6.60. The van der Waals surface area contributed by atoms with E-state index in [2.05, 4.69) is 20.5 Å². The van der Waals surface area contributed by atoms with E-state index < -0.39 is 13.8 Å². The maximum Gasteiger partial charge on any atom is 0.442 e. The molecule has 0 spiro atoms. The standard InChI is InChI=1S/C22H20BrF2O4P/c23-19-13-17(11-12-20(19)29-30(26,27)22(24)25)15-28-21(18-9-5-2-6-10-18)14-16-7-3-1-4-8-16/h1-13,21-22H,14-15H2,(H,26,27). The Kier molecular flexibility index (Phi) is 7.78. The molecular weight excluding hydrogens is 477 g/mol. The topological polar surface area (TPSA) is 55.8 Å². The van der Waals surface area contributed by atoms with Gasteiger partial charge in [0.15, 0.2) is 0 Å². The highest BCUT2D eigenvalue weighted by atomic mass is 79.9. The summed E-state index contributed by atoms with van der Waals surface area (Å²) in [5.41, 5.74) is 2.94. The first-order valence-corrected chi connectivity index (χ1v) is 11.6. The first-order chi connectivity index (χ1) is 14.3. The normalized spacial score (nSPS) is 14.3. The van der Waals surface area contributed by atoms with Gasteiger partial charge in [-0.1, -0.05) is 66.7 Å². The average Bonchev–Trinajstić information content (AvgIpc) is 2.74. The van der Waals surface area contributed by atoms with Gasteiger partial charge in [-0.05, 0) is 44.8 Å². The van der Waals surface area contributed by atoms with Crippen LogP contribution in [0.15, 0.2) is 83.3 Å². The zero-order valence-electron chi connectivity index (χ0n) is 15.8. The Morgan fingerprint density at radius 3 is 2.17 bits per heavy atom. The predicted octanol–water partition coefficient (Wildman–Crippen LogP) is 6.74. The summed E-state index contributed by atoms with van der Waals surface area (Å²) < 4.78 is 47.6. The third-order valence-corrected chi connectivity index (χ3v) is 5.93. The minimum absolute atomic E-state index is 0.131. The molecule has 0 amide bonds. The number of hydrogen-bond donors (Lipinski definition) is 1. The molecule has 0 saturated heterocycles. The van der Waals surface area contributed by atoms with E-state index in [0.29, 0.717) is 6.42 Å². The molecule has 3 rings (SSSR count). The molecule has 30 heavy (non-hydrogen) atoms. The predicted molar refractivity (Wildman–Crippen MR) is 115 cm³/mol. The van der Waals surface area contributed by atoms with Gasteiger partial charge >= 0.3 is 13.8 Å². The molecular formula is C22H20BrF2O4P. The molecule has 1 N–H and O–H groups in total. The van der Waals surface area contributed by atoms with Crippen LogP contribution in [0.2, 0.25) is 0 Å². The third kappa shape index (κ3) is 6.22. The van der Waals surface area contributed by atoms with Gasteiger partial charge in [-0.25, -0.2) is 4.57 Å². The summed E-state index contributed by atoms with van der Waals surface area (Å²) >= 11 is 3.20. The Bertz CT molecular complexity index is 1000. The molecule has 2 unspecified atom stereocenters. The number of benzene rings is 3. The average molecular weight is 497 g/mol. The molecule has 0 aliphatic heterocycles. The molecule has 0 fully saturated rings. The van der Waals surface area contributed by atoms with Gasteiger partial charge in [-0.15, -0.1) is 0 Å². The molecule has 0 aliphatic rings. The van der Waals surface area contributed by atoms with Gasteiger partial charge in [0.1, 0.15) is 5.75 Å². The molecule has 0 aromatic heterocycles. The first-order valence-electron chi connectivity index (χ1n) is 9.14. The van der Waals surface area contributed by atoms with E-state index in [9.17, 15) is 18.2 Å². The molecule has 0 aliphatic carbocycles. The maximum absolute atomic E-state index is 12.6. The lowest BCUT2D eigenvalue weighted by atomic mass is 10.0. The van der Waals surface area contributed by atoms with Gasteiger partial charge in [0.2, 0.25) is 0 Å². The Morgan fingerprint density at radius 1 is 0.933 bits per heavy atom. The maximum atomic E-state index is 12.6. The second kappa shape index (κ2) is 10.3. The summed E-state index contributed by atoms with van der Waals surface area (Å²) in [5, 5.41) is 0. The van der Waals surface area contributed by atoms with Crippen molar-refractivity contribution in [1.29, 1.82) is 0 Å².